The molecule has 1 aromatic heterocycles. The lowest BCUT2D eigenvalue weighted by Crippen LogP contribution is -2.15. The summed E-state index contributed by atoms with van der Waals surface area (Å²) < 4.78 is 34.9. The van der Waals surface area contributed by atoms with Gasteiger partial charge in [0.15, 0.2) is 16.6 Å². The van der Waals surface area contributed by atoms with Gasteiger partial charge in [0.25, 0.3) is 0 Å². The molecule has 0 aliphatic rings. The molecule has 0 unspecified atom stereocenters. The zero-order valence-electron chi connectivity index (χ0n) is 13.3. The van der Waals surface area contributed by atoms with Crippen LogP contribution in [0, 0.1) is 0 Å². The summed E-state index contributed by atoms with van der Waals surface area (Å²) in [6.45, 7) is 0. The number of aromatic nitrogens is 1. The Morgan fingerprint density at radius 2 is 1.96 bits per heavy atom. The lowest BCUT2D eigenvalue weighted by molar-refractivity contribution is -0.115. The minimum Gasteiger partial charge on any atom is -0.493 e. The van der Waals surface area contributed by atoms with Gasteiger partial charge in [0.05, 0.1) is 32.6 Å². The van der Waals surface area contributed by atoms with E-state index in [9.17, 15) is 13.2 Å². The maximum absolute atomic E-state index is 12.1. The number of hydrogen-bond acceptors (Lipinski definition) is 7. The second-order valence-electron chi connectivity index (χ2n) is 4.81. The van der Waals surface area contributed by atoms with Crippen molar-refractivity contribution < 1.29 is 22.7 Å². The van der Waals surface area contributed by atoms with E-state index < -0.39 is 10.0 Å². The standard InChI is InChI=1S/C14H17N3O5S2/c1-21-11-5-4-9(6-12(11)22-2)15-13(18)7-10-8-23-14(16-10)17-24(3,19)20/h4-6,8H,7H2,1-3H3,(H,15,18)(H,16,17). The van der Waals surface area contributed by atoms with Gasteiger partial charge in [-0.15, -0.1) is 11.3 Å². The molecule has 2 rings (SSSR count). The van der Waals surface area contributed by atoms with Crippen LogP contribution >= 0.6 is 11.3 Å². The number of benzene rings is 1. The summed E-state index contributed by atoms with van der Waals surface area (Å²) in [5.74, 6) is 0.786. The van der Waals surface area contributed by atoms with Gasteiger partial charge in [0.2, 0.25) is 15.9 Å². The average Bonchev–Trinajstić information content (AvgIpc) is 2.91. The Morgan fingerprint density at radius 3 is 2.58 bits per heavy atom. The number of methoxy groups -OCH3 is 2. The molecule has 0 radical (unpaired) electrons. The Morgan fingerprint density at radius 1 is 1.25 bits per heavy atom. The van der Waals surface area contributed by atoms with E-state index in [1.807, 2.05) is 0 Å². The second-order valence-corrected chi connectivity index (χ2v) is 7.42. The molecule has 0 fully saturated rings. The van der Waals surface area contributed by atoms with Crippen LogP contribution in [-0.2, 0) is 21.2 Å². The molecule has 24 heavy (non-hydrogen) atoms. The van der Waals surface area contributed by atoms with Crippen LogP contribution in [-0.4, -0.2) is 39.8 Å². The van der Waals surface area contributed by atoms with E-state index in [2.05, 4.69) is 15.0 Å². The molecule has 1 heterocycles. The molecule has 8 nitrogen and oxygen atoms in total. The lowest BCUT2D eigenvalue weighted by Gasteiger charge is -2.10. The van der Waals surface area contributed by atoms with Crippen LogP contribution in [0.5, 0.6) is 11.5 Å². The lowest BCUT2D eigenvalue weighted by atomic mass is 10.2. The van der Waals surface area contributed by atoms with E-state index in [0.29, 0.717) is 22.9 Å². The highest BCUT2D eigenvalue weighted by molar-refractivity contribution is 7.92. The fraction of sp³-hybridized carbons (Fsp3) is 0.286. The molecule has 0 aliphatic carbocycles. The maximum atomic E-state index is 12.1. The van der Waals surface area contributed by atoms with E-state index >= 15 is 0 Å². The van der Waals surface area contributed by atoms with E-state index in [4.69, 9.17) is 9.47 Å². The molecular weight excluding hydrogens is 354 g/mol. The zero-order valence-corrected chi connectivity index (χ0v) is 15.0. The Balaban J connectivity index is 2.01. The van der Waals surface area contributed by atoms with Crippen molar-refractivity contribution in [2.75, 3.05) is 30.5 Å². The number of thiazole rings is 1. The summed E-state index contributed by atoms with van der Waals surface area (Å²) in [5, 5.41) is 4.58. The summed E-state index contributed by atoms with van der Waals surface area (Å²) in [4.78, 5) is 16.1. The van der Waals surface area contributed by atoms with Crippen molar-refractivity contribution in [1.29, 1.82) is 0 Å². The third kappa shape index (κ3) is 5.10. The highest BCUT2D eigenvalue weighted by Gasteiger charge is 2.12. The van der Waals surface area contributed by atoms with Crippen LogP contribution in [0.4, 0.5) is 10.8 Å². The van der Waals surface area contributed by atoms with Crippen LogP contribution < -0.4 is 19.5 Å². The van der Waals surface area contributed by atoms with Gasteiger partial charge in [0, 0.05) is 17.1 Å². The van der Waals surface area contributed by atoms with Gasteiger partial charge in [-0.1, -0.05) is 0 Å². The summed E-state index contributed by atoms with van der Waals surface area (Å²) in [6.07, 6.45) is 1.06. The first-order chi connectivity index (χ1) is 11.3. The number of amides is 1. The first kappa shape index (κ1) is 18.0. The van der Waals surface area contributed by atoms with Gasteiger partial charge in [0.1, 0.15) is 0 Å². The monoisotopic (exact) mass is 371 g/mol. The van der Waals surface area contributed by atoms with Crippen LogP contribution in [0.25, 0.3) is 0 Å². The fourth-order valence-corrected chi connectivity index (χ4v) is 3.44. The number of sulfonamides is 1. The number of ether oxygens (including phenoxy) is 2. The number of anilines is 2. The molecule has 0 saturated heterocycles. The molecule has 0 bridgehead atoms. The predicted molar refractivity (Wildman–Crippen MR) is 92.5 cm³/mol. The van der Waals surface area contributed by atoms with Gasteiger partial charge in [-0.05, 0) is 12.1 Å². The van der Waals surface area contributed by atoms with Crippen molar-refractivity contribution in [2.24, 2.45) is 0 Å². The SMILES string of the molecule is COc1ccc(NC(=O)Cc2csc(NS(C)(=O)=O)n2)cc1OC. The molecule has 2 N–H and O–H groups in total. The molecule has 1 aromatic carbocycles. The number of nitrogens with zero attached hydrogens (tertiary/aromatic N) is 1. The normalized spacial score (nSPS) is 11.0. The molecule has 1 amide bonds. The van der Waals surface area contributed by atoms with Crippen LogP contribution in [0.1, 0.15) is 5.69 Å². The molecule has 0 atom stereocenters. The smallest absolute Gasteiger partial charge is 0.231 e. The van der Waals surface area contributed by atoms with Gasteiger partial charge in [-0.3, -0.25) is 9.52 Å². The largest absolute Gasteiger partial charge is 0.493 e. The average molecular weight is 371 g/mol. The van der Waals surface area contributed by atoms with E-state index in [0.717, 1.165) is 17.6 Å². The summed E-state index contributed by atoms with van der Waals surface area (Å²) in [6, 6.07) is 5.02. The first-order valence-corrected chi connectivity index (χ1v) is 9.52. The Labute approximate surface area is 143 Å². The number of hydrogen-bond donors (Lipinski definition) is 2. The molecule has 0 saturated carbocycles. The number of carbonyl (C=O) groups is 1. The van der Waals surface area contributed by atoms with Crippen LogP contribution in [0.15, 0.2) is 23.6 Å². The fourth-order valence-electron chi connectivity index (χ4n) is 1.88. The highest BCUT2D eigenvalue weighted by atomic mass is 32.2. The van der Waals surface area contributed by atoms with Crippen LogP contribution in [0.2, 0.25) is 0 Å². The quantitative estimate of drug-likeness (QED) is 0.767. The molecular formula is C14H17N3O5S2. The van der Waals surface area contributed by atoms with Gasteiger partial charge < -0.3 is 14.8 Å². The second kappa shape index (κ2) is 7.49. The summed E-state index contributed by atoms with van der Waals surface area (Å²) in [5.41, 5.74) is 1.03. The minimum absolute atomic E-state index is 0.0241. The van der Waals surface area contributed by atoms with E-state index in [-0.39, 0.29) is 17.5 Å². The van der Waals surface area contributed by atoms with Gasteiger partial charge in [-0.25, -0.2) is 13.4 Å². The Kier molecular flexibility index (Phi) is 5.62. The van der Waals surface area contributed by atoms with Crippen LogP contribution in [0.3, 0.4) is 0 Å². The van der Waals surface area contributed by atoms with E-state index in [1.54, 1.807) is 23.6 Å². The third-order valence-corrected chi connectivity index (χ3v) is 4.33. The van der Waals surface area contributed by atoms with Crippen molar-refractivity contribution in [3.8, 4) is 11.5 Å². The minimum atomic E-state index is -3.38. The van der Waals surface area contributed by atoms with Crippen molar-refractivity contribution in [3.63, 3.8) is 0 Å². The Hall–Kier alpha value is -2.33. The predicted octanol–water partition coefficient (Wildman–Crippen LogP) is 1.71. The van der Waals surface area contributed by atoms with Crippen molar-refractivity contribution >= 4 is 38.1 Å². The number of carbonyl (C=O) groups excluding carboxylic acids is 1. The zero-order chi connectivity index (χ0) is 17.7. The van der Waals surface area contributed by atoms with E-state index in [1.165, 1.54) is 14.2 Å². The summed E-state index contributed by atoms with van der Waals surface area (Å²) in [7, 11) is -0.346. The molecule has 0 aliphatic heterocycles. The van der Waals surface area contributed by atoms with Crippen molar-refractivity contribution in [2.45, 2.75) is 6.42 Å². The topological polar surface area (TPSA) is 107 Å². The maximum Gasteiger partial charge on any atom is 0.231 e. The number of rotatable bonds is 7. The Bertz CT molecular complexity index is 833. The van der Waals surface area contributed by atoms with Gasteiger partial charge >= 0.3 is 0 Å². The third-order valence-electron chi connectivity index (χ3n) is 2.83. The molecule has 0 spiro atoms. The molecule has 10 heteroatoms. The van der Waals surface area contributed by atoms with Crippen molar-refractivity contribution in [1.82, 2.24) is 4.98 Å². The molecule has 2 aromatic rings. The first-order valence-electron chi connectivity index (χ1n) is 6.75. The summed E-state index contributed by atoms with van der Waals surface area (Å²) >= 11 is 1.12. The van der Waals surface area contributed by atoms with Gasteiger partial charge in [-0.2, -0.15) is 0 Å². The number of nitrogens with one attached hydrogen (secondary N) is 2. The highest BCUT2D eigenvalue weighted by Crippen LogP contribution is 2.29. The molecule has 130 valence electrons. The van der Waals surface area contributed by atoms with Crippen molar-refractivity contribution in [3.05, 3.63) is 29.3 Å².